The highest BCUT2D eigenvalue weighted by Crippen LogP contribution is 2.29. The Hall–Kier alpha value is -1.33. The van der Waals surface area contributed by atoms with Crippen molar-refractivity contribution in [1.29, 1.82) is 0 Å². The van der Waals surface area contributed by atoms with Crippen molar-refractivity contribution in [2.45, 2.75) is 58.0 Å². The molecule has 0 unspecified atom stereocenters. The number of aromatic nitrogens is 1. The molecule has 1 aliphatic rings. The minimum absolute atomic E-state index is 0.609. The van der Waals surface area contributed by atoms with Crippen LogP contribution in [0, 0.1) is 11.8 Å². The minimum atomic E-state index is 0.609. The molecule has 1 aromatic heterocycles. The molecule has 0 radical (unpaired) electrons. The van der Waals surface area contributed by atoms with Gasteiger partial charge in [0.2, 0.25) is 0 Å². The fraction of sp³-hybridized carbons (Fsp3) is 0.611. The quantitative estimate of drug-likeness (QED) is 0.453. The predicted octanol–water partition coefficient (Wildman–Crippen LogP) is 3.32. The molecule has 0 N–H and O–H groups in total. The van der Waals surface area contributed by atoms with E-state index in [1.54, 1.807) is 0 Å². The summed E-state index contributed by atoms with van der Waals surface area (Å²) in [6, 6.07) is 5.04. The molecular weight excluding hydrogens is 244 g/mol. The normalized spacial score (nSPS) is 18.8. The number of likely N-dealkylation sites (tertiary alicyclic amines) is 1. The second-order valence-electron chi connectivity index (χ2n) is 5.72. The van der Waals surface area contributed by atoms with Crippen LogP contribution in [0.4, 0.5) is 0 Å². The van der Waals surface area contributed by atoms with Crippen LogP contribution in [0.5, 0.6) is 0 Å². The first-order valence-electron chi connectivity index (χ1n) is 7.96. The number of hydrogen-bond acceptors (Lipinski definition) is 1. The summed E-state index contributed by atoms with van der Waals surface area (Å²) in [5.74, 6) is 6.55. The summed E-state index contributed by atoms with van der Waals surface area (Å²) < 4.78 is 2.29. The predicted molar refractivity (Wildman–Crippen MR) is 83.2 cm³/mol. The van der Waals surface area contributed by atoms with Crippen LogP contribution in [0.15, 0.2) is 24.5 Å². The molecular formula is C18H27N2+. The number of pyridine rings is 1. The van der Waals surface area contributed by atoms with Crippen LogP contribution in [-0.4, -0.2) is 18.5 Å². The maximum absolute atomic E-state index is 3.29. The standard InChI is InChI=1S/C18H27N2/c1-3-4-5-6-7-8-14-20-15-9-11-17(16-20)18-12-10-13-19(18)2/h9,11,15-16,18H,3-5,8,10,12-14H2,1-2H3/q+1/t18-/m0/s1. The van der Waals surface area contributed by atoms with Gasteiger partial charge in [-0.25, -0.2) is 4.57 Å². The summed E-state index contributed by atoms with van der Waals surface area (Å²) in [4.78, 5) is 2.46. The maximum atomic E-state index is 3.29. The van der Waals surface area contributed by atoms with E-state index in [2.05, 4.69) is 59.8 Å². The van der Waals surface area contributed by atoms with Crippen LogP contribution in [0.2, 0.25) is 0 Å². The number of hydrogen-bond donors (Lipinski definition) is 0. The van der Waals surface area contributed by atoms with Gasteiger partial charge in [0.1, 0.15) is 0 Å². The average molecular weight is 271 g/mol. The Balaban J connectivity index is 1.87. The molecule has 1 saturated heterocycles. The van der Waals surface area contributed by atoms with Crippen molar-refractivity contribution in [2.24, 2.45) is 0 Å². The Bertz CT molecular complexity index is 470. The highest BCUT2D eigenvalue weighted by molar-refractivity contribution is 5.12. The van der Waals surface area contributed by atoms with E-state index in [0.29, 0.717) is 6.04 Å². The van der Waals surface area contributed by atoms with Crippen molar-refractivity contribution in [3.8, 4) is 11.8 Å². The SMILES string of the molecule is CCCCC#CCC[n+]1cccc([C@@H]2CCCN2C)c1. The van der Waals surface area contributed by atoms with Crippen molar-refractivity contribution >= 4 is 0 Å². The molecule has 0 amide bonds. The summed E-state index contributed by atoms with van der Waals surface area (Å²) in [5, 5.41) is 0. The van der Waals surface area contributed by atoms with Gasteiger partial charge in [0.15, 0.2) is 18.9 Å². The molecule has 108 valence electrons. The van der Waals surface area contributed by atoms with Crippen molar-refractivity contribution < 1.29 is 4.57 Å². The van der Waals surface area contributed by atoms with Gasteiger partial charge in [-0.1, -0.05) is 19.3 Å². The Morgan fingerprint density at radius 2 is 2.20 bits per heavy atom. The van der Waals surface area contributed by atoms with E-state index in [1.165, 1.54) is 37.8 Å². The van der Waals surface area contributed by atoms with E-state index in [9.17, 15) is 0 Å². The lowest BCUT2D eigenvalue weighted by Crippen LogP contribution is -2.34. The first kappa shape index (κ1) is 15.1. The first-order valence-corrected chi connectivity index (χ1v) is 7.96. The number of unbranched alkanes of at least 4 members (excludes halogenated alkanes) is 2. The van der Waals surface area contributed by atoms with Crippen molar-refractivity contribution in [3.63, 3.8) is 0 Å². The summed E-state index contributed by atoms with van der Waals surface area (Å²) in [6.07, 6.45) is 11.5. The molecule has 2 heteroatoms. The second-order valence-corrected chi connectivity index (χ2v) is 5.72. The highest BCUT2D eigenvalue weighted by Gasteiger charge is 2.24. The zero-order chi connectivity index (χ0) is 14.2. The molecule has 0 spiro atoms. The Kier molecular flexibility index (Phi) is 6.08. The van der Waals surface area contributed by atoms with Gasteiger partial charge in [-0.2, -0.15) is 0 Å². The van der Waals surface area contributed by atoms with Crippen LogP contribution in [0.1, 0.15) is 57.1 Å². The average Bonchev–Trinajstić information content (AvgIpc) is 2.89. The molecule has 20 heavy (non-hydrogen) atoms. The van der Waals surface area contributed by atoms with Gasteiger partial charge in [-0.3, -0.25) is 4.90 Å². The van der Waals surface area contributed by atoms with E-state index < -0.39 is 0 Å². The lowest BCUT2D eigenvalue weighted by atomic mass is 10.1. The molecule has 2 nitrogen and oxygen atoms in total. The second kappa shape index (κ2) is 8.07. The third-order valence-electron chi connectivity index (χ3n) is 4.06. The molecule has 2 rings (SSSR count). The summed E-state index contributed by atoms with van der Waals surface area (Å²) in [5.41, 5.74) is 1.45. The van der Waals surface area contributed by atoms with Crippen LogP contribution < -0.4 is 4.57 Å². The summed E-state index contributed by atoms with van der Waals surface area (Å²) >= 11 is 0. The Morgan fingerprint density at radius 3 is 2.95 bits per heavy atom. The van der Waals surface area contributed by atoms with Gasteiger partial charge in [0.25, 0.3) is 0 Å². The van der Waals surface area contributed by atoms with E-state index >= 15 is 0 Å². The molecule has 1 aliphatic heterocycles. The molecule has 1 atom stereocenters. The van der Waals surface area contributed by atoms with Crippen LogP contribution in [0.25, 0.3) is 0 Å². The fourth-order valence-corrected chi connectivity index (χ4v) is 2.84. The minimum Gasteiger partial charge on any atom is -0.299 e. The van der Waals surface area contributed by atoms with Gasteiger partial charge in [0, 0.05) is 24.1 Å². The van der Waals surface area contributed by atoms with E-state index in [-0.39, 0.29) is 0 Å². The third kappa shape index (κ3) is 4.35. The van der Waals surface area contributed by atoms with Crippen LogP contribution in [0.3, 0.4) is 0 Å². The number of aryl methyl sites for hydroxylation is 1. The van der Waals surface area contributed by atoms with Crippen molar-refractivity contribution in [3.05, 3.63) is 30.1 Å². The zero-order valence-electron chi connectivity index (χ0n) is 12.9. The smallest absolute Gasteiger partial charge is 0.173 e. The van der Waals surface area contributed by atoms with Crippen molar-refractivity contribution in [1.82, 2.24) is 4.90 Å². The van der Waals surface area contributed by atoms with Gasteiger partial charge in [-0.05, 0) is 38.9 Å². The third-order valence-corrected chi connectivity index (χ3v) is 4.06. The molecule has 1 fully saturated rings. The topological polar surface area (TPSA) is 7.12 Å². The molecule has 0 bridgehead atoms. The summed E-state index contributed by atoms with van der Waals surface area (Å²) in [6.45, 7) is 4.44. The Morgan fingerprint density at radius 1 is 1.35 bits per heavy atom. The first-order chi connectivity index (χ1) is 9.81. The fourth-order valence-electron chi connectivity index (χ4n) is 2.84. The van der Waals surface area contributed by atoms with Gasteiger partial charge >= 0.3 is 0 Å². The molecule has 0 aliphatic carbocycles. The highest BCUT2D eigenvalue weighted by atomic mass is 15.1. The van der Waals surface area contributed by atoms with Gasteiger partial charge in [-0.15, -0.1) is 5.92 Å². The van der Waals surface area contributed by atoms with Gasteiger partial charge < -0.3 is 0 Å². The zero-order valence-corrected chi connectivity index (χ0v) is 12.9. The number of rotatable bonds is 5. The van der Waals surface area contributed by atoms with Crippen molar-refractivity contribution in [2.75, 3.05) is 13.6 Å². The maximum Gasteiger partial charge on any atom is 0.173 e. The van der Waals surface area contributed by atoms with E-state index in [1.807, 2.05) is 0 Å². The monoisotopic (exact) mass is 271 g/mol. The number of nitrogens with zero attached hydrogens (tertiary/aromatic N) is 2. The summed E-state index contributed by atoms with van der Waals surface area (Å²) in [7, 11) is 2.23. The molecule has 2 heterocycles. The Labute approximate surface area is 123 Å². The molecule has 0 aromatic carbocycles. The van der Waals surface area contributed by atoms with Gasteiger partial charge in [0.05, 0.1) is 6.42 Å². The van der Waals surface area contributed by atoms with E-state index in [0.717, 1.165) is 19.4 Å². The lowest BCUT2D eigenvalue weighted by molar-refractivity contribution is -0.696. The molecule has 0 saturated carbocycles. The largest absolute Gasteiger partial charge is 0.299 e. The van der Waals surface area contributed by atoms with Crippen LogP contribution in [-0.2, 0) is 6.54 Å². The lowest BCUT2D eigenvalue weighted by Gasteiger charge is -2.18. The molecule has 1 aromatic rings. The van der Waals surface area contributed by atoms with E-state index in [4.69, 9.17) is 0 Å². The van der Waals surface area contributed by atoms with Crippen LogP contribution >= 0.6 is 0 Å².